The van der Waals surface area contributed by atoms with Crippen molar-refractivity contribution in [3.05, 3.63) is 47.9 Å². The van der Waals surface area contributed by atoms with Gasteiger partial charge in [-0.25, -0.2) is 0 Å². The van der Waals surface area contributed by atoms with Gasteiger partial charge in [-0.05, 0) is 18.2 Å². The van der Waals surface area contributed by atoms with Crippen LogP contribution >= 0.6 is 0 Å². The first-order valence-electron chi connectivity index (χ1n) is 4.25. The second kappa shape index (κ2) is 3.69. The molecule has 0 aliphatic heterocycles. The number of rotatable bonds is 1. The highest BCUT2D eigenvalue weighted by Gasteiger charge is 2.11. The summed E-state index contributed by atoms with van der Waals surface area (Å²) in [5.74, 6) is 0. The average Bonchev–Trinajstić information content (AvgIpc) is 2.81. The number of nitrogens with zero attached hydrogens (tertiary/aromatic N) is 2. The van der Waals surface area contributed by atoms with Gasteiger partial charge >= 0.3 is 0 Å². The lowest BCUT2D eigenvalue weighted by atomic mass is 9.97. The van der Waals surface area contributed by atoms with Crippen molar-refractivity contribution in [1.29, 1.82) is 10.5 Å². The Balaban J connectivity index is 2.75. The third-order valence-corrected chi connectivity index (χ3v) is 2.06. The molecule has 15 heavy (non-hydrogen) atoms. The minimum Gasteiger partial charge on any atom is -0.460 e. The van der Waals surface area contributed by atoms with Crippen LogP contribution in [0.25, 0.3) is 11.1 Å². The number of furan rings is 1. The molecule has 3 nitrogen and oxygen atoms in total. The third kappa shape index (κ3) is 1.47. The Kier molecular flexibility index (Phi) is 2.23. The van der Waals surface area contributed by atoms with E-state index in [9.17, 15) is 0 Å². The van der Waals surface area contributed by atoms with E-state index in [1.54, 1.807) is 24.3 Å². The van der Waals surface area contributed by atoms with E-state index < -0.39 is 0 Å². The first-order valence-corrected chi connectivity index (χ1v) is 4.25. The molecule has 2 aromatic rings. The largest absolute Gasteiger partial charge is 0.460 e. The van der Waals surface area contributed by atoms with Gasteiger partial charge in [0.25, 0.3) is 0 Å². The van der Waals surface area contributed by atoms with Crippen LogP contribution in [0.3, 0.4) is 0 Å². The maximum atomic E-state index is 8.94. The lowest BCUT2D eigenvalue weighted by Crippen LogP contribution is -1.87. The predicted octanol–water partition coefficient (Wildman–Crippen LogP) is 2.49. The number of nitriles is 2. The van der Waals surface area contributed by atoms with Crippen LogP contribution in [0.15, 0.2) is 34.9 Å². The van der Waals surface area contributed by atoms with Gasteiger partial charge in [0, 0.05) is 11.1 Å². The summed E-state index contributed by atoms with van der Waals surface area (Å²) in [6.07, 6.45) is 4.01. The zero-order valence-electron chi connectivity index (χ0n) is 7.69. The van der Waals surface area contributed by atoms with Gasteiger partial charge in [0.2, 0.25) is 0 Å². The quantitative estimate of drug-likeness (QED) is 0.698. The third-order valence-electron chi connectivity index (χ3n) is 2.06. The Morgan fingerprint density at radius 3 is 2.27 bits per heavy atom. The fraction of sp³-hybridized carbons (Fsp3) is 0. The average molecular weight is 193 g/mol. The van der Waals surface area contributed by atoms with Crippen LogP contribution in [-0.4, -0.2) is 0 Å². The molecule has 69 valence electrons. The maximum Gasteiger partial charge on any atom is 0.169 e. The Morgan fingerprint density at radius 2 is 1.80 bits per heavy atom. The second-order valence-corrected chi connectivity index (χ2v) is 2.90. The monoisotopic (exact) mass is 193 g/mol. The summed E-state index contributed by atoms with van der Waals surface area (Å²) in [5.41, 5.74) is 2.23. The van der Waals surface area contributed by atoms with Gasteiger partial charge in [-0.3, -0.25) is 0 Å². The van der Waals surface area contributed by atoms with Crippen LogP contribution in [0, 0.1) is 28.9 Å². The molecule has 1 heterocycles. The van der Waals surface area contributed by atoms with E-state index in [0.717, 1.165) is 0 Å². The molecule has 0 aliphatic carbocycles. The van der Waals surface area contributed by atoms with E-state index in [1.807, 2.05) is 0 Å². The molecule has 0 saturated heterocycles. The highest BCUT2D eigenvalue weighted by molar-refractivity contribution is 5.75. The Hall–Kier alpha value is -2.52. The molecule has 0 spiro atoms. The highest BCUT2D eigenvalue weighted by atomic mass is 16.3. The molecule has 0 saturated carbocycles. The summed E-state index contributed by atoms with van der Waals surface area (Å²) in [6, 6.07) is 10.7. The van der Waals surface area contributed by atoms with Gasteiger partial charge in [-0.1, -0.05) is 6.07 Å². The normalized spacial score (nSPS) is 9.20. The van der Waals surface area contributed by atoms with Crippen LogP contribution in [0.4, 0.5) is 0 Å². The molecule has 3 heteroatoms. The molecule has 1 aromatic heterocycles. The SMILES string of the molecule is N#Cc1cccc(C#N)c1-c1c[c]oc1. The smallest absolute Gasteiger partial charge is 0.169 e. The van der Waals surface area contributed by atoms with Crippen molar-refractivity contribution in [2.45, 2.75) is 0 Å². The van der Waals surface area contributed by atoms with Gasteiger partial charge in [-0.15, -0.1) is 0 Å². The number of hydrogen-bond donors (Lipinski definition) is 0. The van der Waals surface area contributed by atoms with Crippen molar-refractivity contribution in [2.75, 3.05) is 0 Å². The molecule has 1 radical (unpaired) electrons. The maximum absolute atomic E-state index is 8.94. The molecular weight excluding hydrogens is 188 g/mol. The molecule has 0 amide bonds. The van der Waals surface area contributed by atoms with Crippen molar-refractivity contribution in [1.82, 2.24) is 0 Å². The molecule has 0 aliphatic rings. The summed E-state index contributed by atoms with van der Waals surface area (Å²) in [4.78, 5) is 0. The summed E-state index contributed by atoms with van der Waals surface area (Å²) in [5, 5.41) is 17.9. The zero-order valence-corrected chi connectivity index (χ0v) is 7.69. The van der Waals surface area contributed by atoms with E-state index >= 15 is 0 Å². The van der Waals surface area contributed by atoms with Crippen molar-refractivity contribution in [2.24, 2.45) is 0 Å². The van der Waals surface area contributed by atoms with E-state index in [0.29, 0.717) is 22.3 Å². The topological polar surface area (TPSA) is 60.7 Å². The number of benzene rings is 1. The van der Waals surface area contributed by atoms with E-state index in [1.165, 1.54) is 6.26 Å². The van der Waals surface area contributed by atoms with Gasteiger partial charge in [-0.2, -0.15) is 10.5 Å². The highest BCUT2D eigenvalue weighted by Crippen LogP contribution is 2.27. The van der Waals surface area contributed by atoms with Crippen LogP contribution in [-0.2, 0) is 0 Å². The summed E-state index contributed by atoms with van der Waals surface area (Å²) in [7, 11) is 0. The van der Waals surface area contributed by atoms with Crippen molar-refractivity contribution in [3.63, 3.8) is 0 Å². The Labute approximate surface area is 86.8 Å². The minimum atomic E-state index is 0.462. The zero-order chi connectivity index (χ0) is 10.7. The lowest BCUT2D eigenvalue weighted by Gasteiger charge is -2.02. The van der Waals surface area contributed by atoms with E-state index in [2.05, 4.69) is 18.4 Å². The first-order chi connectivity index (χ1) is 7.36. The molecule has 0 bridgehead atoms. The summed E-state index contributed by atoms with van der Waals surface area (Å²) < 4.78 is 4.82. The van der Waals surface area contributed by atoms with Gasteiger partial charge in [0.15, 0.2) is 6.26 Å². The molecule has 2 rings (SSSR count). The Bertz CT molecular complexity index is 524. The standard InChI is InChI=1S/C12H5N2O/c13-6-9-2-1-3-10(7-14)12(9)11-4-5-15-8-11/h1-4,8H. The first kappa shape index (κ1) is 9.05. The van der Waals surface area contributed by atoms with Crippen LogP contribution in [0.1, 0.15) is 11.1 Å². The van der Waals surface area contributed by atoms with Gasteiger partial charge in [0.05, 0.1) is 29.5 Å². The second-order valence-electron chi connectivity index (χ2n) is 2.90. The molecular formula is C12H5N2O. The fourth-order valence-corrected chi connectivity index (χ4v) is 1.41. The van der Waals surface area contributed by atoms with Gasteiger partial charge in [0.1, 0.15) is 0 Å². The van der Waals surface area contributed by atoms with E-state index in [4.69, 9.17) is 14.9 Å². The van der Waals surface area contributed by atoms with Crippen LogP contribution in [0.2, 0.25) is 0 Å². The lowest BCUT2D eigenvalue weighted by molar-refractivity contribution is 0.559. The summed E-state index contributed by atoms with van der Waals surface area (Å²) >= 11 is 0. The van der Waals surface area contributed by atoms with Gasteiger partial charge < -0.3 is 4.42 Å². The Morgan fingerprint density at radius 1 is 1.13 bits per heavy atom. The minimum absolute atomic E-state index is 0.462. The predicted molar refractivity (Wildman–Crippen MR) is 52.4 cm³/mol. The van der Waals surface area contributed by atoms with Crippen LogP contribution < -0.4 is 0 Å². The van der Waals surface area contributed by atoms with E-state index in [-0.39, 0.29) is 0 Å². The molecule has 0 fully saturated rings. The molecule has 1 aromatic carbocycles. The van der Waals surface area contributed by atoms with Crippen LogP contribution in [0.5, 0.6) is 0 Å². The molecule has 0 N–H and O–H groups in total. The number of hydrogen-bond acceptors (Lipinski definition) is 3. The van der Waals surface area contributed by atoms with Crippen molar-refractivity contribution < 1.29 is 4.42 Å². The summed E-state index contributed by atoms with van der Waals surface area (Å²) in [6.45, 7) is 0. The van der Waals surface area contributed by atoms with Crippen molar-refractivity contribution >= 4 is 0 Å². The van der Waals surface area contributed by atoms with Crippen molar-refractivity contribution in [3.8, 4) is 23.3 Å². The molecule has 0 unspecified atom stereocenters. The fourth-order valence-electron chi connectivity index (χ4n) is 1.41. The molecule has 0 atom stereocenters.